The summed E-state index contributed by atoms with van der Waals surface area (Å²) in [6, 6.07) is 0.422. The average molecular weight is 267 g/mol. The van der Waals surface area contributed by atoms with Crippen LogP contribution in [0.15, 0.2) is 0 Å². The standard InChI is InChI=1S/C16H33N3/c1-18(2)12-14-8-10-19(11-9-14)13-16(17)15-6-4-3-5-7-15/h14-16H,3-13,17H2,1-2H3. The lowest BCUT2D eigenvalue weighted by atomic mass is 9.84. The van der Waals surface area contributed by atoms with Crippen molar-refractivity contribution in [3.63, 3.8) is 0 Å². The van der Waals surface area contributed by atoms with Crippen molar-refractivity contribution in [1.82, 2.24) is 9.80 Å². The summed E-state index contributed by atoms with van der Waals surface area (Å²) in [5.41, 5.74) is 6.44. The summed E-state index contributed by atoms with van der Waals surface area (Å²) in [6.45, 7) is 4.92. The Balaban J connectivity index is 1.67. The van der Waals surface area contributed by atoms with Crippen LogP contribution in [0.5, 0.6) is 0 Å². The van der Waals surface area contributed by atoms with Gasteiger partial charge in [-0.25, -0.2) is 0 Å². The summed E-state index contributed by atoms with van der Waals surface area (Å²) in [6.07, 6.45) is 9.70. The Morgan fingerprint density at radius 3 is 2.26 bits per heavy atom. The first-order valence-corrected chi connectivity index (χ1v) is 8.28. The largest absolute Gasteiger partial charge is 0.326 e. The third-order valence-electron chi connectivity index (χ3n) is 5.05. The third kappa shape index (κ3) is 5.05. The van der Waals surface area contributed by atoms with Gasteiger partial charge in [-0.15, -0.1) is 0 Å². The van der Waals surface area contributed by atoms with Gasteiger partial charge in [0.15, 0.2) is 0 Å². The van der Waals surface area contributed by atoms with E-state index in [1.807, 2.05) is 0 Å². The van der Waals surface area contributed by atoms with E-state index in [0.717, 1.165) is 18.4 Å². The number of hydrogen-bond donors (Lipinski definition) is 1. The van der Waals surface area contributed by atoms with E-state index in [0.29, 0.717) is 6.04 Å². The number of nitrogens with two attached hydrogens (primary N) is 1. The number of nitrogens with zero attached hydrogens (tertiary/aromatic N) is 2. The van der Waals surface area contributed by atoms with Crippen molar-refractivity contribution in [1.29, 1.82) is 0 Å². The van der Waals surface area contributed by atoms with Crippen LogP contribution in [0.25, 0.3) is 0 Å². The average Bonchev–Trinajstić information content (AvgIpc) is 2.41. The fraction of sp³-hybridized carbons (Fsp3) is 1.00. The van der Waals surface area contributed by atoms with Gasteiger partial charge in [0.2, 0.25) is 0 Å². The fourth-order valence-electron chi connectivity index (χ4n) is 3.88. The molecule has 0 aromatic heterocycles. The molecule has 2 aliphatic rings. The Labute approximate surface area is 119 Å². The fourth-order valence-corrected chi connectivity index (χ4v) is 3.88. The van der Waals surface area contributed by atoms with Crippen LogP contribution in [0.1, 0.15) is 44.9 Å². The summed E-state index contributed by atoms with van der Waals surface area (Å²) in [7, 11) is 4.37. The predicted molar refractivity (Wildman–Crippen MR) is 82.3 cm³/mol. The molecule has 0 radical (unpaired) electrons. The van der Waals surface area contributed by atoms with Crippen molar-refractivity contribution in [2.45, 2.75) is 51.0 Å². The molecule has 0 spiro atoms. The lowest BCUT2D eigenvalue weighted by Gasteiger charge is -2.37. The van der Waals surface area contributed by atoms with Crippen molar-refractivity contribution in [2.24, 2.45) is 17.6 Å². The van der Waals surface area contributed by atoms with E-state index in [4.69, 9.17) is 5.73 Å². The molecule has 19 heavy (non-hydrogen) atoms. The Hall–Kier alpha value is -0.120. The van der Waals surface area contributed by atoms with Gasteiger partial charge in [-0.05, 0) is 64.7 Å². The molecule has 2 N–H and O–H groups in total. The van der Waals surface area contributed by atoms with Gasteiger partial charge in [0.05, 0.1) is 0 Å². The van der Waals surface area contributed by atoms with Gasteiger partial charge in [0.1, 0.15) is 0 Å². The molecule has 1 atom stereocenters. The molecule has 112 valence electrons. The van der Waals surface area contributed by atoms with Gasteiger partial charge in [0, 0.05) is 19.1 Å². The van der Waals surface area contributed by atoms with Gasteiger partial charge in [-0.2, -0.15) is 0 Å². The maximum Gasteiger partial charge on any atom is 0.0196 e. The van der Waals surface area contributed by atoms with Gasteiger partial charge < -0.3 is 15.5 Å². The van der Waals surface area contributed by atoms with E-state index >= 15 is 0 Å². The molecular formula is C16H33N3. The first-order chi connectivity index (χ1) is 9.15. The minimum Gasteiger partial charge on any atom is -0.326 e. The van der Waals surface area contributed by atoms with E-state index in [9.17, 15) is 0 Å². The highest BCUT2D eigenvalue weighted by atomic mass is 15.1. The molecular weight excluding hydrogens is 234 g/mol. The van der Waals surface area contributed by atoms with E-state index in [-0.39, 0.29) is 0 Å². The molecule has 1 aliphatic carbocycles. The van der Waals surface area contributed by atoms with Gasteiger partial charge in [-0.1, -0.05) is 19.3 Å². The molecule has 2 rings (SSSR count). The zero-order valence-electron chi connectivity index (χ0n) is 13.0. The summed E-state index contributed by atoms with van der Waals surface area (Å²) >= 11 is 0. The first kappa shape index (κ1) is 15.3. The van der Waals surface area contributed by atoms with Gasteiger partial charge >= 0.3 is 0 Å². The van der Waals surface area contributed by atoms with E-state index < -0.39 is 0 Å². The van der Waals surface area contributed by atoms with Gasteiger partial charge in [-0.3, -0.25) is 0 Å². The van der Waals surface area contributed by atoms with Crippen molar-refractivity contribution in [2.75, 3.05) is 40.3 Å². The zero-order chi connectivity index (χ0) is 13.7. The van der Waals surface area contributed by atoms with Crippen LogP contribution >= 0.6 is 0 Å². The van der Waals surface area contributed by atoms with Crippen LogP contribution in [-0.4, -0.2) is 56.1 Å². The van der Waals surface area contributed by atoms with E-state index in [1.54, 1.807) is 0 Å². The molecule has 1 heterocycles. The van der Waals surface area contributed by atoms with Gasteiger partial charge in [0.25, 0.3) is 0 Å². The summed E-state index contributed by atoms with van der Waals surface area (Å²) in [5, 5.41) is 0. The molecule has 2 fully saturated rings. The Bertz CT molecular complexity index is 240. The zero-order valence-corrected chi connectivity index (χ0v) is 13.0. The molecule has 3 heteroatoms. The van der Waals surface area contributed by atoms with Crippen LogP contribution in [0.4, 0.5) is 0 Å². The predicted octanol–water partition coefficient (Wildman–Crippen LogP) is 2.17. The molecule has 1 unspecified atom stereocenters. The Kier molecular flexibility index (Phi) is 6.11. The number of rotatable bonds is 5. The summed E-state index contributed by atoms with van der Waals surface area (Å²) in [4.78, 5) is 4.94. The number of piperidine rings is 1. The SMILES string of the molecule is CN(C)CC1CCN(CC(N)C2CCCCC2)CC1. The normalized spacial score (nSPS) is 25.9. The number of hydrogen-bond acceptors (Lipinski definition) is 3. The second kappa shape index (κ2) is 7.61. The molecule has 1 aliphatic heterocycles. The maximum atomic E-state index is 6.44. The molecule has 0 bridgehead atoms. The minimum atomic E-state index is 0.422. The van der Waals surface area contributed by atoms with Crippen LogP contribution in [0.2, 0.25) is 0 Å². The maximum absolute atomic E-state index is 6.44. The molecule has 0 aromatic rings. The van der Waals surface area contributed by atoms with E-state index in [2.05, 4.69) is 23.9 Å². The third-order valence-corrected chi connectivity index (χ3v) is 5.05. The quantitative estimate of drug-likeness (QED) is 0.828. The van der Waals surface area contributed by atoms with Crippen molar-refractivity contribution >= 4 is 0 Å². The second-order valence-electron chi connectivity index (χ2n) is 7.07. The van der Waals surface area contributed by atoms with Crippen molar-refractivity contribution < 1.29 is 0 Å². The molecule has 0 amide bonds. The Morgan fingerprint density at radius 2 is 1.68 bits per heavy atom. The monoisotopic (exact) mass is 267 g/mol. The molecule has 0 aromatic carbocycles. The molecule has 1 saturated carbocycles. The second-order valence-corrected chi connectivity index (χ2v) is 7.07. The summed E-state index contributed by atoms with van der Waals surface area (Å²) in [5.74, 6) is 1.70. The van der Waals surface area contributed by atoms with Crippen LogP contribution in [-0.2, 0) is 0 Å². The highest BCUT2D eigenvalue weighted by molar-refractivity contribution is 4.82. The molecule has 3 nitrogen and oxygen atoms in total. The van der Waals surface area contributed by atoms with Crippen molar-refractivity contribution in [3.05, 3.63) is 0 Å². The van der Waals surface area contributed by atoms with Crippen LogP contribution in [0, 0.1) is 11.8 Å². The first-order valence-electron chi connectivity index (χ1n) is 8.28. The van der Waals surface area contributed by atoms with Crippen LogP contribution in [0.3, 0.4) is 0 Å². The highest BCUT2D eigenvalue weighted by Crippen LogP contribution is 2.26. The topological polar surface area (TPSA) is 32.5 Å². The van der Waals surface area contributed by atoms with Crippen LogP contribution < -0.4 is 5.73 Å². The Morgan fingerprint density at radius 1 is 1.05 bits per heavy atom. The lowest BCUT2D eigenvalue weighted by Crippen LogP contribution is -2.46. The minimum absolute atomic E-state index is 0.422. The van der Waals surface area contributed by atoms with Crippen molar-refractivity contribution in [3.8, 4) is 0 Å². The van der Waals surface area contributed by atoms with E-state index in [1.165, 1.54) is 64.6 Å². The summed E-state index contributed by atoms with van der Waals surface area (Å²) < 4.78 is 0. The molecule has 1 saturated heterocycles. The lowest BCUT2D eigenvalue weighted by molar-refractivity contribution is 0.140. The smallest absolute Gasteiger partial charge is 0.0196 e. The highest BCUT2D eigenvalue weighted by Gasteiger charge is 2.25. The number of likely N-dealkylation sites (tertiary alicyclic amines) is 1.